The van der Waals surface area contributed by atoms with E-state index in [1.807, 2.05) is 26.0 Å². The van der Waals surface area contributed by atoms with Crippen LogP contribution in [-0.4, -0.2) is 16.1 Å². The number of carboxylic acids is 1. The van der Waals surface area contributed by atoms with Crippen LogP contribution in [0.5, 0.6) is 0 Å². The molecule has 3 nitrogen and oxygen atoms in total. The number of aromatic carboxylic acids is 1. The van der Waals surface area contributed by atoms with Gasteiger partial charge in [0.05, 0.1) is 11.3 Å². The molecular formula is C15H15NO2. The third-order valence-corrected chi connectivity index (χ3v) is 3.23. The summed E-state index contributed by atoms with van der Waals surface area (Å²) >= 11 is 0. The lowest BCUT2D eigenvalue weighted by Gasteiger charge is -2.09. The second-order valence-corrected chi connectivity index (χ2v) is 4.47. The monoisotopic (exact) mass is 241 g/mol. The molecule has 0 amide bonds. The van der Waals surface area contributed by atoms with Crippen molar-refractivity contribution in [3.63, 3.8) is 0 Å². The second-order valence-electron chi connectivity index (χ2n) is 4.47. The van der Waals surface area contributed by atoms with Gasteiger partial charge in [-0.1, -0.05) is 0 Å². The second kappa shape index (κ2) is 4.61. The van der Waals surface area contributed by atoms with E-state index in [0.29, 0.717) is 5.69 Å². The number of aryl methyl sites for hydroxylation is 2. The molecule has 92 valence electrons. The van der Waals surface area contributed by atoms with Crippen LogP contribution in [0, 0.1) is 20.8 Å². The summed E-state index contributed by atoms with van der Waals surface area (Å²) < 4.78 is 0. The zero-order valence-corrected chi connectivity index (χ0v) is 10.7. The molecule has 0 unspecified atom stereocenters. The van der Waals surface area contributed by atoms with Crippen molar-refractivity contribution >= 4 is 5.97 Å². The Hall–Kier alpha value is -2.16. The van der Waals surface area contributed by atoms with E-state index in [4.69, 9.17) is 5.11 Å². The molecule has 0 aliphatic rings. The average Bonchev–Trinajstić information content (AvgIpc) is 2.35. The van der Waals surface area contributed by atoms with Crippen LogP contribution in [0.15, 0.2) is 30.5 Å². The third kappa shape index (κ3) is 2.25. The largest absolute Gasteiger partial charge is 0.478 e. The first-order valence-electron chi connectivity index (χ1n) is 5.76. The molecule has 0 aliphatic heterocycles. The van der Waals surface area contributed by atoms with Gasteiger partial charge in [-0.3, -0.25) is 4.98 Å². The fourth-order valence-corrected chi connectivity index (χ4v) is 1.91. The Morgan fingerprint density at radius 1 is 1.11 bits per heavy atom. The van der Waals surface area contributed by atoms with Gasteiger partial charge in [0.2, 0.25) is 0 Å². The van der Waals surface area contributed by atoms with Gasteiger partial charge in [0.1, 0.15) is 0 Å². The topological polar surface area (TPSA) is 50.2 Å². The molecule has 0 saturated carbocycles. The summed E-state index contributed by atoms with van der Waals surface area (Å²) in [6.07, 6.45) is 1.53. The Morgan fingerprint density at radius 2 is 1.72 bits per heavy atom. The first kappa shape index (κ1) is 12.3. The Balaban J connectivity index is 2.55. The minimum absolute atomic E-state index is 0.260. The molecule has 0 fully saturated rings. The van der Waals surface area contributed by atoms with Crippen molar-refractivity contribution in [2.75, 3.05) is 0 Å². The van der Waals surface area contributed by atoms with Crippen LogP contribution < -0.4 is 0 Å². The molecular weight excluding hydrogens is 226 g/mol. The SMILES string of the molecule is Cc1cc(-c2cc(C(=O)O)ccn2)cc(C)c1C. The Bertz CT molecular complexity index is 595. The summed E-state index contributed by atoms with van der Waals surface area (Å²) in [6.45, 7) is 6.18. The third-order valence-electron chi connectivity index (χ3n) is 3.23. The summed E-state index contributed by atoms with van der Waals surface area (Å²) in [7, 11) is 0. The van der Waals surface area contributed by atoms with Crippen molar-refractivity contribution < 1.29 is 9.90 Å². The van der Waals surface area contributed by atoms with Crippen molar-refractivity contribution in [2.24, 2.45) is 0 Å². The molecule has 0 aliphatic carbocycles. The molecule has 18 heavy (non-hydrogen) atoms. The van der Waals surface area contributed by atoms with Gasteiger partial charge < -0.3 is 5.11 Å². The zero-order valence-electron chi connectivity index (χ0n) is 10.7. The van der Waals surface area contributed by atoms with Crippen LogP contribution in [0.1, 0.15) is 27.0 Å². The first-order chi connectivity index (χ1) is 8.49. The number of hydrogen-bond donors (Lipinski definition) is 1. The number of rotatable bonds is 2. The summed E-state index contributed by atoms with van der Waals surface area (Å²) in [5.41, 5.74) is 5.55. The van der Waals surface area contributed by atoms with E-state index in [9.17, 15) is 4.79 Å². The highest BCUT2D eigenvalue weighted by molar-refractivity contribution is 5.88. The normalized spacial score (nSPS) is 10.4. The molecule has 2 rings (SSSR count). The summed E-state index contributed by atoms with van der Waals surface area (Å²) in [5, 5.41) is 8.98. The summed E-state index contributed by atoms with van der Waals surface area (Å²) in [6, 6.07) is 7.18. The lowest BCUT2D eigenvalue weighted by atomic mass is 9.98. The highest BCUT2D eigenvalue weighted by Crippen LogP contribution is 2.23. The molecule has 1 heterocycles. The van der Waals surface area contributed by atoms with Gasteiger partial charge >= 0.3 is 5.97 Å². The Labute approximate surface area is 106 Å². The van der Waals surface area contributed by atoms with E-state index in [1.165, 1.54) is 29.0 Å². The average molecular weight is 241 g/mol. The number of nitrogens with zero attached hydrogens (tertiary/aromatic N) is 1. The summed E-state index contributed by atoms with van der Waals surface area (Å²) in [5.74, 6) is -0.931. The van der Waals surface area contributed by atoms with Gasteiger partial charge in [0.25, 0.3) is 0 Å². The van der Waals surface area contributed by atoms with Crippen LogP contribution >= 0.6 is 0 Å². The zero-order chi connectivity index (χ0) is 13.3. The van der Waals surface area contributed by atoms with E-state index in [0.717, 1.165) is 5.56 Å². The van der Waals surface area contributed by atoms with Crippen molar-refractivity contribution in [3.8, 4) is 11.3 Å². The molecule has 0 spiro atoms. The molecule has 3 heteroatoms. The van der Waals surface area contributed by atoms with Crippen molar-refractivity contribution in [2.45, 2.75) is 20.8 Å². The van der Waals surface area contributed by atoms with E-state index in [1.54, 1.807) is 6.07 Å². The van der Waals surface area contributed by atoms with Gasteiger partial charge in [-0.15, -0.1) is 0 Å². The minimum Gasteiger partial charge on any atom is -0.478 e. The number of carbonyl (C=O) groups is 1. The maximum absolute atomic E-state index is 10.9. The van der Waals surface area contributed by atoms with Gasteiger partial charge in [0.15, 0.2) is 0 Å². The quantitative estimate of drug-likeness (QED) is 0.876. The number of carboxylic acid groups (broad SMARTS) is 1. The lowest BCUT2D eigenvalue weighted by Crippen LogP contribution is -1.98. The van der Waals surface area contributed by atoms with Crippen LogP contribution in [0.25, 0.3) is 11.3 Å². The summed E-state index contributed by atoms with van der Waals surface area (Å²) in [4.78, 5) is 15.2. The smallest absolute Gasteiger partial charge is 0.335 e. The molecule has 0 radical (unpaired) electrons. The van der Waals surface area contributed by atoms with Crippen LogP contribution in [0.2, 0.25) is 0 Å². The Kier molecular flexibility index (Phi) is 3.15. The number of benzene rings is 1. The van der Waals surface area contributed by atoms with Crippen LogP contribution in [0.4, 0.5) is 0 Å². The van der Waals surface area contributed by atoms with Gasteiger partial charge in [-0.25, -0.2) is 4.79 Å². The van der Waals surface area contributed by atoms with Crippen LogP contribution in [-0.2, 0) is 0 Å². The predicted octanol–water partition coefficient (Wildman–Crippen LogP) is 3.37. The molecule has 0 bridgehead atoms. The predicted molar refractivity (Wildman–Crippen MR) is 70.8 cm³/mol. The minimum atomic E-state index is -0.931. The number of pyridine rings is 1. The maximum atomic E-state index is 10.9. The molecule has 0 atom stereocenters. The molecule has 1 aromatic heterocycles. The van der Waals surface area contributed by atoms with Crippen LogP contribution in [0.3, 0.4) is 0 Å². The maximum Gasteiger partial charge on any atom is 0.335 e. The molecule has 0 saturated heterocycles. The Morgan fingerprint density at radius 3 is 2.28 bits per heavy atom. The van der Waals surface area contributed by atoms with Gasteiger partial charge in [0, 0.05) is 11.8 Å². The molecule has 1 N–H and O–H groups in total. The van der Waals surface area contributed by atoms with Crippen molar-refractivity contribution in [1.29, 1.82) is 0 Å². The number of hydrogen-bond acceptors (Lipinski definition) is 2. The molecule has 2 aromatic rings. The van der Waals surface area contributed by atoms with Crippen molar-refractivity contribution in [1.82, 2.24) is 4.98 Å². The fourth-order valence-electron chi connectivity index (χ4n) is 1.91. The lowest BCUT2D eigenvalue weighted by molar-refractivity contribution is 0.0697. The van der Waals surface area contributed by atoms with E-state index in [-0.39, 0.29) is 5.56 Å². The van der Waals surface area contributed by atoms with Gasteiger partial charge in [-0.2, -0.15) is 0 Å². The van der Waals surface area contributed by atoms with E-state index >= 15 is 0 Å². The highest BCUT2D eigenvalue weighted by atomic mass is 16.4. The molecule has 1 aromatic carbocycles. The standard InChI is InChI=1S/C15H15NO2/c1-9-6-13(7-10(2)11(9)3)14-8-12(15(17)18)4-5-16-14/h4-8H,1-3H3,(H,17,18). The highest BCUT2D eigenvalue weighted by Gasteiger charge is 2.08. The van der Waals surface area contributed by atoms with Gasteiger partial charge in [-0.05, 0) is 61.7 Å². The van der Waals surface area contributed by atoms with E-state index in [2.05, 4.69) is 11.9 Å². The fraction of sp³-hybridized carbons (Fsp3) is 0.200. The first-order valence-corrected chi connectivity index (χ1v) is 5.76. The number of aromatic nitrogens is 1. The van der Waals surface area contributed by atoms with E-state index < -0.39 is 5.97 Å². The van der Waals surface area contributed by atoms with Crippen molar-refractivity contribution in [3.05, 3.63) is 52.7 Å².